The Kier molecular flexibility index (Phi) is 6.95. The fourth-order valence-corrected chi connectivity index (χ4v) is 1.07. The van der Waals surface area contributed by atoms with Gasteiger partial charge in [0.15, 0.2) is 5.96 Å². The third kappa shape index (κ3) is 7.98. The predicted octanol–water partition coefficient (Wildman–Crippen LogP) is 1.87. The molecule has 0 aromatic heterocycles. The number of anilines is 1. The third-order valence-corrected chi connectivity index (χ3v) is 1.52. The maximum atomic E-state index is 9.00. The number of nitrogens with two attached hydrogens (primary N) is 1. The molecular weight excluding hydrogens is 234 g/mol. The van der Waals surface area contributed by atoms with Crippen LogP contribution in [0.3, 0.4) is 0 Å². The molecule has 100 valence electrons. The van der Waals surface area contributed by atoms with Crippen molar-refractivity contribution in [2.75, 3.05) is 5.32 Å². The van der Waals surface area contributed by atoms with Gasteiger partial charge in [-0.3, -0.25) is 10.2 Å². The molecular formula is C12H19N3O3. The standard InChI is InChI=1S/C10H15N3O.C2H4O2/c1-7(2)14-9-6-4-3-5-8(9)13-10(11)12;1-2(3)4/h3-7H,1-2H3,(H4,11,12,13);1H3,(H,3,4). The molecule has 18 heavy (non-hydrogen) atoms. The summed E-state index contributed by atoms with van der Waals surface area (Å²) in [5.74, 6) is -0.220. The summed E-state index contributed by atoms with van der Waals surface area (Å²) in [6.07, 6.45) is 0.102. The topological polar surface area (TPSA) is 108 Å². The average Bonchev–Trinajstić information content (AvgIpc) is 2.18. The summed E-state index contributed by atoms with van der Waals surface area (Å²) in [5, 5.41) is 17.3. The number of carboxylic acid groups (broad SMARTS) is 1. The highest BCUT2D eigenvalue weighted by atomic mass is 16.5. The monoisotopic (exact) mass is 253 g/mol. The first-order chi connectivity index (χ1) is 8.32. The van der Waals surface area contributed by atoms with Crippen molar-refractivity contribution >= 4 is 17.6 Å². The van der Waals surface area contributed by atoms with Crippen molar-refractivity contribution in [1.29, 1.82) is 5.41 Å². The normalized spacial score (nSPS) is 9.11. The Balaban J connectivity index is 0.000000631. The van der Waals surface area contributed by atoms with Gasteiger partial charge < -0.3 is 20.9 Å². The van der Waals surface area contributed by atoms with Crippen molar-refractivity contribution in [3.8, 4) is 5.75 Å². The van der Waals surface area contributed by atoms with Crippen molar-refractivity contribution in [3.05, 3.63) is 24.3 Å². The Morgan fingerprint density at radius 2 is 1.94 bits per heavy atom. The van der Waals surface area contributed by atoms with Gasteiger partial charge in [-0.2, -0.15) is 0 Å². The van der Waals surface area contributed by atoms with Gasteiger partial charge in [0.1, 0.15) is 5.75 Å². The van der Waals surface area contributed by atoms with Gasteiger partial charge in [0.25, 0.3) is 5.97 Å². The SMILES string of the molecule is CC(=O)O.CC(C)Oc1ccccc1NC(=N)N. The maximum Gasteiger partial charge on any atom is 0.300 e. The lowest BCUT2D eigenvalue weighted by molar-refractivity contribution is -0.134. The van der Waals surface area contributed by atoms with Gasteiger partial charge >= 0.3 is 0 Å². The number of hydrogen-bond acceptors (Lipinski definition) is 3. The van der Waals surface area contributed by atoms with Crippen LogP contribution in [0.5, 0.6) is 5.75 Å². The average molecular weight is 253 g/mol. The molecule has 5 N–H and O–H groups in total. The Morgan fingerprint density at radius 3 is 2.39 bits per heavy atom. The molecule has 6 nitrogen and oxygen atoms in total. The van der Waals surface area contributed by atoms with E-state index in [-0.39, 0.29) is 12.1 Å². The molecule has 0 unspecified atom stereocenters. The summed E-state index contributed by atoms with van der Waals surface area (Å²) in [7, 11) is 0. The Morgan fingerprint density at radius 1 is 1.44 bits per heavy atom. The predicted molar refractivity (Wildman–Crippen MR) is 71.1 cm³/mol. The third-order valence-electron chi connectivity index (χ3n) is 1.52. The number of ether oxygens (including phenoxy) is 1. The van der Waals surface area contributed by atoms with Gasteiger partial charge in [-0.15, -0.1) is 0 Å². The van der Waals surface area contributed by atoms with Crippen LogP contribution in [0.4, 0.5) is 5.69 Å². The summed E-state index contributed by atoms with van der Waals surface area (Å²) >= 11 is 0. The quantitative estimate of drug-likeness (QED) is 0.485. The van der Waals surface area contributed by atoms with Gasteiger partial charge in [0.2, 0.25) is 0 Å². The fourth-order valence-electron chi connectivity index (χ4n) is 1.07. The molecule has 0 amide bonds. The van der Waals surface area contributed by atoms with E-state index < -0.39 is 5.97 Å². The van der Waals surface area contributed by atoms with E-state index in [2.05, 4.69) is 5.32 Å². The second-order valence-corrected chi connectivity index (χ2v) is 3.72. The molecule has 0 radical (unpaired) electrons. The van der Waals surface area contributed by atoms with Crippen LogP contribution in [0, 0.1) is 5.41 Å². The molecule has 6 heteroatoms. The van der Waals surface area contributed by atoms with Gasteiger partial charge in [-0.05, 0) is 26.0 Å². The molecule has 0 aliphatic rings. The lowest BCUT2D eigenvalue weighted by atomic mass is 10.3. The molecule has 0 saturated heterocycles. The van der Waals surface area contributed by atoms with E-state index in [0.717, 1.165) is 6.92 Å². The summed E-state index contributed by atoms with van der Waals surface area (Å²) < 4.78 is 5.53. The highest BCUT2D eigenvalue weighted by Crippen LogP contribution is 2.24. The molecule has 0 heterocycles. The van der Waals surface area contributed by atoms with E-state index >= 15 is 0 Å². The molecule has 0 spiro atoms. The molecule has 0 fully saturated rings. The second-order valence-electron chi connectivity index (χ2n) is 3.72. The van der Waals surface area contributed by atoms with Gasteiger partial charge in [0, 0.05) is 6.92 Å². The number of benzene rings is 1. The summed E-state index contributed by atoms with van der Waals surface area (Å²) in [6.45, 7) is 4.98. The zero-order chi connectivity index (χ0) is 14.1. The molecule has 1 aromatic rings. The van der Waals surface area contributed by atoms with E-state index in [9.17, 15) is 0 Å². The Bertz CT molecular complexity index is 401. The fraction of sp³-hybridized carbons (Fsp3) is 0.333. The lowest BCUT2D eigenvalue weighted by Crippen LogP contribution is -2.21. The molecule has 0 aliphatic heterocycles. The smallest absolute Gasteiger partial charge is 0.300 e. The van der Waals surface area contributed by atoms with E-state index in [1.54, 1.807) is 0 Å². The van der Waals surface area contributed by atoms with Crippen LogP contribution in [-0.4, -0.2) is 23.1 Å². The number of aliphatic carboxylic acids is 1. The van der Waals surface area contributed by atoms with Crippen LogP contribution in [0.25, 0.3) is 0 Å². The number of carbonyl (C=O) groups is 1. The van der Waals surface area contributed by atoms with E-state index in [1.165, 1.54) is 0 Å². The molecule has 0 aliphatic carbocycles. The van der Waals surface area contributed by atoms with Crippen LogP contribution in [0.2, 0.25) is 0 Å². The van der Waals surface area contributed by atoms with E-state index in [0.29, 0.717) is 11.4 Å². The maximum absolute atomic E-state index is 9.00. The summed E-state index contributed by atoms with van der Waals surface area (Å²) in [4.78, 5) is 9.00. The second kappa shape index (κ2) is 7.94. The summed E-state index contributed by atoms with van der Waals surface area (Å²) in [6, 6.07) is 7.39. The largest absolute Gasteiger partial charge is 0.489 e. The van der Waals surface area contributed by atoms with Gasteiger partial charge in [0.05, 0.1) is 11.8 Å². The minimum absolute atomic E-state index is 0.0928. The van der Waals surface area contributed by atoms with Crippen LogP contribution in [0.15, 0.2) is 24.3 Å². The first kappa shape index (κ1) is 15.8. The number of rotatable bonds is 3. The molecule has 1 rings (SSSR count). The van der Waals surface area contributed by atoms with Gasteiger partial charge in [-0.25, -0.2) is 0 Å². The first-order valence-electron chi connectivity index (χ1n) is 5.39. The van der Waals surface area contributed by atoms with E-state index in [4.69, 9.17) is 25.8 Å². The van der Waals surface area contributed by atoms with Crippen molar-refractivity contribution < 1.29 is 14.6 Å². The number of carboxylic acids is 1. The van der Waals surface area contributed by atoms with Crippen LogP contribution in [0.1, 0.15) is 20.8 Å². The van der Waals surface area contributed by atoms with Crippen molar-refractivity contribution in [2.45, 2.75) is 26.9 Å². The number of guanidine groups is 1. The van der Waals surface area contributed by atoms with Crippen molar-refractivity contribution in [3.63, 3.8) is 0 Å². The molecule has 1 aromatic carbocycles. The van der Waals surface area contributed by atoms with Gasteiger partial charge in [-0.1, -0.05) is 12.1 Å². The van der Waals surface area contributed by atoms with Crippen LogP contribution < -0.4 is 15.8 Å². The number of nitrogens with one attached hydrogen (secondary N) is 2. The number of hydrogen-bond donors (Lipinski definition) is 4. The number of para-hydroxylation sites is 2. The lowest BCUT2D eigenvalue weighted by Gasteiger charge is -2.14. The van der Waals surface area contributed by atoms with Crippen LogP contribution >= 0.6 is 0 Å². The minimum atomic E-state index is -0.833. The zero-order valence-corrected chi connectivity index (χ0v) is 10.7. The van der Waals surface area contributed by atoms with Crippen molar-refractivity contribution in [2.24, 2.45) is 5.73 Å². The molecule has 0 atom stereocenters. The highest BCUT2D eigenvalue weighted by molar-refractivity contribution is 5.91. The Labute approximate surface area is 106 Å². The molecule has 0 saturated carbocycles. The molecule has 0 bridgehead atoms. The summed E-state index contributed by atoms with van der Waals surface area (Å²) in [5.41, 5.74) is 5.96. The van der Waals surface area contributed by atoms with Crippen molar-refractivity contribution in [1.82, 2.24) is 0 Å². The Hall–Kier alpha value is -2.24. The zero-order valence-electron chi connectivity index (χ0n) is 10.7. The highest BCUT2D eigenvalue weighted by Gasteiger charge is 2.04. The minimum Gasteiger partial charge on any atom is -0.489 e. The first-order valence-corrected chi connectivity index (χ1v) is 5.39. The van der Waals surface area contributed by atoms with Crippen LogP contribution in [-0.2, 0) is 4.79 Å². The van der Waals surface area contributed by atoms with E-state index in [1.807, 2.05) is 38.1 Å².